The van der Waals surface area contributed by atoms with Gasteiger partial charge in [-0.25, -0.2) is 9.97 Å². The molecule has 0 spiro atoms. The minimum atomic E-state index is 0.0514. The lowest BCUT2D eigenvalue weighted by Gasteiger charge is -2.22. The van der Waals surface area contributed by atoms with Gasteiger partial charge in [-0.2, -0.15) is 0 Å². The van der Waals surface area contributed by atoms with Crippen LogP contribution in [0.2, 0.25) is 0 Å². The summed E-state index contributed by atoms with van der Waals surface area (Å²) in [7, 11) is 0. The van der Waals surface area contributed by atoms with E-state index in [1.54, 1.807) is 0 Å². The van der Waals surface area contributed by atoms with Gasteiger partial charge in [0.25, 0.3) is 5.91 Å². The van der Waals surface area contributed by atoms with Crippen LogP contribution in [0.1, 0.15) is 67.0 Å². The fourth-order valence-corrected chi connectivity index (χ4v) is 4.81. The van der Waals surface area contributed by atoms with Crippen molar-refractivity contribution in [2.24, 2.45) is 0 Å². The third kappa shape index (κ3) is 3.64. The molecule has 2 heterocycles. The lowest BCUT2D eigenvalue weighted by molar-refractivity contribution is 0.0931. The Hall–Kier alpha value is -1.69. The SMILES string of the molecule is CCN(CC)c1nc(C)nc2sc(C(=O)NC3CCCCC3)c(C)c12. The molecule has 1 N–H and O–H groups in total. The van der Waals surface area contributed by atoms with Crippen LogP contribution < -0.4 is 10.2 Å². The maximum absolute atomic E-state index is 12.8. The highest BCUT2D eigenvalue weighted by Crippen LogP contribution is 2.35. The molecule has 2 aromatic rings. The number of carbonyl (C=O) groups excluding carboxylic acids is 1. The number of anilines is 1. The Labute approximate surface area is 153 Å². The molecule has 0 bridgehead atoms. The minimum Gasteiger partial charge on any atom is -0.357 e. The molecule has 0 radical (unpaired) electrons. The van der Waals surface area contributed by atoms with E-state index in [4.69, 9.17) is 0 Å². The summed E-state index contributed by atoms with van der Waals surface area (Å²) in [4.78, 5) is 26.1. The van der Waals surface area contributed by atoms with E-state index in [1.807, 2.05) is 13.8 Å². The summed E-state index contributed by atoms with van der Waals surface area (Å²) in [5.74, 6) is 1.77. The Kier molecular flexibility index (Phi) is 5.57. The lowest BCUT2D eigenvalue weighted by Crippen LogP contribution is -2.36. The summed E-state index contributed by atoms with van der Waals surface area (Å²) in [5.41, 5.74) is 1.01. The lowest BCUT2D eigenvalue weighted by atomic mass is 9.95. The fourth-order valence-electron chi connectivity index (χ4n) is 3.69. The van der Waals surface area contributed by atoms with Gasteiger partial charge in [-0.15, -0.1) is 11.3 Å². The van der Waals surface area contributed by atoms with E-state index in [0.717, 1.165) is 58.2 Å². The molecule has 1 amide bonds. The zero-order valence-electron chi connectivity index (χ0n) is 15.7. The molecule has 2 aromatic heterocycles. The van der Waals surface area contributed by atoms with Gasteiger partial charge in [0.15, 0.2) is 0 Å². The van der Waals surface area contributed by atoms with E-state index in [-0.39, 0.29) is 5.91 Å². The molecular weight excluding hydrogens is 332 g/mol. The van der Waals surface area contributed by atoms with Crippen LogP contribution >= 0.6 is 11.3 Å². The third-order valence-corrected chi connectivity index (χ3v) is 6.28. The number of thiophene rings is 1. The number of rotatable bonds is 5. The number of carbonyl (C=O) groups is 1. The zero-order chi connectivity index (χ0) is 18.0. The topological polar surface area (TPSA) is 58.1 Å². The first-order valence-corrected chi connectivity index (χ1v) is 10.2. The summed E-state index contributed by atoms with van der Waals surface area (Å²) in [6, 6.07) is 0.320. The number of hydrogen-bond acceptors (Lipinski definition) is 5. The highest BCUT2D eigenvalue weighted by Gasteiger charge is 2.24. The first-order valence-electron chi connectivity index (χ1n) is 9.38. The fraction of sp³-hybridized carbons (Fsp3) is 0.632. The number of nitrogens with zero attached hydrogens (tertiary/aromatic N) is 3. The van der Waals surface area contributed by atoms with Crippen LogP contribution in [0.25, 0.3) is 10.2 Å². The van der Waals surface area contributed by atoms with Gasteiger partial charge in [0, 0.05) is 19.1 Å². The molecule has 6 heteroatoms. The second kappa shape index (κ2) is 7.68. The molecule has 0 aliphatic heterocycles. The number of fused-ring (bicyclic) bond motifs is 1. The van der Waals surface area contributed by atoms with Crippen LogP contribution in [0.4, 0.5) is 5.82 Å². The monoisotopic (exact) mass is 360 g/mol. The van der Waals surface area contributed by atoms with E-state index in [0.29, 0.717) is 6.04 Å². The average Bonchev–Trinajstić information content (AvgIpc) is 2.93. The molecule has 1 saturated carbocycles. The number of amides is 1. The number of hydrogen-bond donors (Lipinski definition) is 1. The number of nitrogens with one attached hydrogen (secondary N) is 1. The van der Waals surface area contributed by atoms with Crippen molar-refractivity contribution in [2.75, 3.05) is 18.0 Å². The Morgan fingerprint density at radius 1 is 1.16 bits per heavy atom. The maximum atomic E-state index is 12.8. The predicted octanol–water partition coefficient (Wildman–Crippen LogP) is 4.22. The summed E-state index contributed by atoms with van der Waals surface area (Å²) in [6.45, 7) is 9.99. The molecule has 25 heavy (non-hydrogen) atoms. The Balaban J connectivity index is 1.98. The summed E-state index contributed by atoms with van der Waals surface area (Å²) < 4.78 is 0. The van der Waals surface area contributed by atoms with Gasteiger partial charge in [-0.05, 0) is 46.1 Å². The Bertz CT molecular complexity index is 760. The molecule has 0 unspecified atom stereocenters. The molecular formula is C19H28N4OS. The van der Waals surface area contributed by atoms with Crippen LogP contribution in [-0.4, -0.2) is 35.0 Å². The molecule has 0 aromatic carbocycles. The highest BCUT2D eigenvalue weighted by molar-refractivity contribution is 7.20. The molecule has 1 aliphatic carbocycles. The summed E-state index contributed by atoms with van der Waals surface area (Å²) in [6.07, 6.45) is 5.91. The van der Waals surface area contributed by atoms with Gasteiger partial charge in [-0.3, -0.25) is 4.79 Å². The molecule has 136 valence electrons. The third-order valence-electron chi connectivity index (χ3n) is 5.09. The van der Waals surface area contributed by atoms with Crippen LogP contribution in [0.5, 0.6) is 0 Å². The van der Waals surface area contributed by atoms with Crippen LogP contribution in [0, 0.1) is 13.8 Å². The van der Waals surface area contributed by atoms with Crippen molar-refractivity contribution in [2.45, 2.75) is 65.8 Å². The molecule has 1 aliphatic rings. The highest BCUT2D eigenvalue weighted by atomic mass is 32.1. The van der Waals surface area contributed by atoms with Crippen molar-refractivity contribution in [1.29, 1.82) is 0 Å². The average molecular weight is 361 g/mol. The quantitative estimate of drug-likeness (QED) is 0.867. The minimum absolute atomic E-state index is 0.0514. The van der Waals surface area contributed by atoms with Crippen LogP contribution in [0.3, 0.4) is 0 Å². The summed E-state index contributed by atoms with van der Waals surface area (Å²) in [5, 5.41) is 4.27. The molecule has 3 rings (SSSR count). The summed E-state index contributed by atoms with van der Waals surface area (Å²) >= 11 is 1.50. The molecule has 0 atom stereocenters. The van der Waals surface area contributed by atoms with Gasteiger partial charge >= 0.3 is 0 Å². The first kappa shape index (κ1) is 18.1. The van der Waals surface area contributed by atoms with E-state index >= 15 is 0 Å². The normalized spacial score (nSPS) is 15.5. The van der Waals surface area contributed by atoms with Crippen molar-refractivity contribution in [3.05, 3.63) is 16.3 Å². The van der Waals surface area contributed by atoms with Crippen molar-refractivity contribution in [3.63, 3.8) is 0 Å². The van der Waals surface area contributed by atoms with Crippen molar-refractivity contribution < 1.29 is 4.79 Å². The van der Waals surface area contributed by atoms with E-state index in [9.17, 15) is 4.79 Å². The van der Waals surface area contributed by atoms with E-state index in [1.165, 1.54) is 30.6 Å². The Morgan fingerprint density at radius 3 is 2.48 bits per heavy atom. The van der Waals surface area contributed by atoms with Gasteiger partial charge in [0.1, 0.15) is 16.5 Å². The number of aromatic nitrogens is 2. The van der Waals surface area contributed by atoms with Gasteiger partial charge in [0.2, 0.25) is 0 Å². The Morgan fingerprint density at radius 2 is 1.84 bits per heavy atom. The van der Waals surface area contributed by atoms with Crippen molar-refractivity contribution in [1.82, 2.24) is 15.3 Å². The largest absolute Gasteiger partial charge is 0.357 e. The molecule has 5 nitrogen and oxygen atoms in total. The van der Waals surface area contributed by atoms with E-state index in [2.05, 4.69) is 34.0 Å². The van der Waals surface area contributed by atoms with Crippen molar-refractivity contribution >= 4 is 33.3 Å². The maximum Gasteiger partial charge on any atom is 0.261 e. The second-order valence-corrected chi connectivity index (χ2v) is 7.81. The molecule has 1 fully saturated rings. The van der Waals surface area contributed by atoms with Crippen molar-refractivity contribution in [3.8, 4) is 0 Å². The van der Waals surface area contributed by atoms with Crippen LogP contribution in [0.15, 0.2) is 0 Å². The van der Waals surface area contributed by atoms with Gasteiger partial charge < -0.3 is 10.2 Å². The van der Waals surface area contributed by atoms with Gasteiger partial charge in [-0.1, -0.05) is 19.3 Å². The molecule has 0 saturated heterocycles. The van der Waals surface area contributed by atoms with E-state index < -0.39 is 0 Å². The second-order valence-electron chi connectivity index (χ2n) is 6.81. The first-order chi connectivity index (χ1) is 12.0. The number of aryl methyl sites for hydroxylation is 2. The van der Waals surface area contributed by atoms with Crippen LogP contribution in [-0.2, 0) is 0 Å². The smallest absolute Gasteiger partial charge is 0.261 e. The van der Waals surface area contributed by atoms with Gasteiger partial charge in [0.05, 0.1) is 10.3 Å². The zero-order valence-corrected chi connectivity index (χ0v) is 16.5. The predicted molar refractivity (Wildman–Crippen MR) is 105 cm³/mol. The standard InChI is InChI=1S/C19H28N4OS/c1-5-23(6-2)17-15-12(3)16(25-19(15)21-13(4)20-17)18(24)22-14-10-8-7-9-11-14/h14H,5-11H2,1-4H3,(H,22,24).